The molecule has 4 heterocycles. The van der Waals surface area contributed by atoms with Gasteiger partial charge in [-0.2, -0.15) is 0 Å². The van der Waals surface area contributed by atoms with Crippen molar-refractivity contribution < 1.29 is 5.11 Å². The summed E-state index contributed by atoms with van der Waals surface area (Å²) in [5, 5.41) is 11.0. The van der Waals surface area contributed by atoms with Gasteiger partial charge in [0.1, 0.15) is 17.4 Å². The van der Waals surface area contributed by atoms with E-state index < -0.39 is 0 Å². The van der Waals surface area contributed by atoms with Gasteiger partial charge in [0, 0.05) is 37.2 Å². The molecule has 2 fully saturated rings. The topological polar surface area (TPSA) is 70.3 Å². The van der Waals surface area contributed by atoms with E-state index >= 15 is 0 Å². The van der Waals surface area contributed by atoms with Gasteiger partial charge in [-0.05, 0) is 50.9 Å². The Kier molecular flexibility index (Phi) is 4.22. The third-order valence-electron chi connectivity index (χ3n) is 6.67. The first-order chi connectivity index (χ1) is 13.9. The Morgan fingerprint density at radius 1 is 1.14 bits per heavy atom. The van der Waals surface area contributed by atoms with Crippen LogP contribution in [0.1, 0.15) is 24.8 Å². The summed E-state index contributed by atoms with van der Waals surface area (Å²) >= 11 is 6.06. The predicted molar refractivity (Wildman–Crippen MR) is 115 cm³/mol. The van der Waals surface area contributed by atoms with E-state index in [0.717, 1.165) is 30.9 Å². The van der Waals surface area contributed by atoms with Crippen LogP contribution in [0.25, 0.3) is 22.7 Å². The molecule has 2 aliphatic rings. The average molecular weight is 413 g/mol. The summed E-state index contributed by atoms with van der Waals surface area (Å²) in [6.45, 7) is 5.06. The van der Waals surface area contributed by atoms with E-state index in [1.165, 1.54) is 25.5 Å². The van der Waals surface area contributed by atoms with Crippen LogP contribution in [0, 0.1) is 6.92 Å². The van der Waals surface area contributed by atoms with Crippen molar-refractivity contribution in [3.63, 3.8) is 0 Å². The molecule has 0 amide bonds. The number of fused-ring (bicyclic) bond motifs is 1. The molecule has 152 valence electrons. The largest absolute Gasteiger partial charge is 0.507 e. The molecule has 29 heavy (non-hydrogen) atoms. The molecule has 1 atom stereocenters. The number of aryl methyl sites for hydroxylation is 2. The van der Waals surface area contributed by atoms with Crippen LogP contribution >= 0.6 is 11.6 Å². The van der Waals surface area contributed by atoms with Gasteiger partial charge in [0.2, 0.25) is 0 Å². The van der Waals surface area contributed by atoms with Gasteiger partial charge in [-0.25, -0.2) is 15.0 Å². The third-order valence-corrected chi connectivity index (χ3v) is 6.89. The lowest BCUT2D eigenvalue weighted by molar-refractivity contribution is -0.000624. The fourth-order valence-corrected chi connectivity index (χ4v) is 5.09. The highest BCUT2D eigenvalue weighted by Crippen LogP contribution is 2.39. The van der Waals surface area contributed by atoms with Crippen LogP contribution in [0.15, 0.2) is 18.3 Å². The minimum Gasteiger partial charge on any atom is -0.507 e. The second-order valence-electron chi connectivity index (χ2n) is 8.41. The Morgan fingerprint density at radius 2 is 1.97 bits per heavy atom. The number of nitrogens with zero attached hydrogens (tertiary/aromatic N) is 6. The van der Waals surface area contributed by atoms with Crippen LogP contribution in [0.4, 0.5) is 5.82 Å². The van der Waals surface area contributed by atoms with E-state index in [0.29, 0.717) is 27.7 Å². The Labute approximate surface area is 175 Å². The van der Waals surface area contributed by atoms with Gasteiger partial charge >= 0.3 is 0 Å². The molecule has 1 N–H and O–H groups in total. The number of phenolic OH excluding ortho intramolecular Hbond substituents is 1. The van der Waals surface area contributed by atoms with E-state index in [1.54, 1.807) is 0 Å². The standard InChI is InChI=1S/C21H25ClN6O/c1-13-9-14(22)10-15(29)17(13)19-25-18-20(27(19)3)23-11-16(24-18)28-7-4-5-21(12-28)6-8-26(21)2/h9-11,29H,4-8,12H2,1-3H3/t21-/m0/s1. The molecule has 0 unspecified atom stereocenters. The van der Waals surface area contributed by atoms with Crippen molar-refractivity contribution in [1.29, 1.82) is 0 Å². The first kappa shape index (κ1) is 18.6. The van der Waals surface area contributed by atoms with Crippen LogP contribution < -0.4 is 4.90 Å². The van der Waals surface area contributed by atoms with Crippen molar-refractivity contribution in [2.24, 2.45) is 7.05 Å². The number of likely N-dealkylation sites (N-methyl/N-ethyl adjacent to an activating group) is 1. The molecule has 1 spiro atoms. The van der Waals surface area contributed by atoms with E-state index in [1.807, 2.05) is 30.8 Å². The highest BCUT2D eigenvalue weighted by molar-refractivity contribution is 6.31. The summed E-state index contributed by atoms with van der Waals surface area (Å²) in [4.78, 5) is 19.0. The molecule has 2 aliphatic heterocycles. The highest BCUT2D eigenvalue weighted by atomic mass is 35.5. The van der Waals surface area contributed by atoms with Crippen molar-refractivity contribution in [3.8, 4) is 17.1 Å². The van der Waals surface area contributed by atoms with Crippen LogP contribution in [-0.2, 0) is 7.05 Å². The molecule has 7 nitrogen and oxygen atoms in total. The number of hydrogen-bond donors (Lipinski definition) is 1. The zero-order valence-electron chi connectivity index (χ0n) is 17.0. The van der Waals surface area contributed by atoms with E-state index in [9.17, 15) is 5.11 Å². The van der Waals surface area contributed by atoms with Crippen LogP contribution in [0.3, 0.4) is 0 Å². The monoisotopic (exact) mass is 412 g/mol. The van der Waals surface area contributed by atoms with Crippen LogP contribution in [-0.4, -0.2) is 61.7 Å². The summed E-state index contributed by atoms with van der Waals surface area (Å²) < 4.78 is 1.87. The van der Waals surface area contributed by atoms with Crippen LogP contribution in [0.5, 0.6) is 5.75 Å². The number of rotatable bonds is 2. The van der Waals surface area contributed by atoms with Gasteiger partial charge in [0.15, 0.2) is 11.3 Å². The number of hydrogen-bond acceptors (Lipinski definition) is 6. The van der Waals surface area contributed by atoms with Gasteiger partial charge in [-0.1, -0.05) is 11.6 Å². The number of anilines is 1. The number of benzene rings is 1. The summed E-state index contributed by atoms with van der Waals surface area (Å²) in [5.74, 6) is 1.62. The van der Waals surface area contributed by atoms with Gasteiger partial charge in [-0.15, -0.1) is 0 Å². The number of imidazole rings is 1. The van der Waals surface area contributed by atoms with Gasteiger partial charge < -0.3 is 14.6 Å². The summed E-state index contributed by atoms with van der Waals surface area (Å²) in [6.07, 6.45) is 5.51. The second kappa shape index (κ2) is 6.57. The first-order valence-electron chi connectivity index (χ1n) is 10.0. The molecular formula is C21H25ClN6O. The molecule has 1 aromatic carbocycles. The van der Waals surface area contributed by atoms with Crippen molar-refractivity contribution in [2.45, 2.75) is 31.7 Å². The summed E-state index contributed by atoms with van der Waals surface area (Å²) in [6, 6.07) is 3.36. The minimum atomic E-state index is 0.111. The quantitative estimate of drug-likeness (QED) is 0.695. The fraction of sp³-hybridized carbons (Fsp3) is 0.476. The van der Waals surface area contributed by atoms with Crippen molar-refractivity contribution >= 4 is 28.7 Å². The SMILES string of the molecule is Cc1cc(Cl)cc(O)c1-c1nc2nc(N3CCC[C@]4(CCN4C)C3)cnc2n1C. The number of phenols is 1. The van der Waals surface area contributed by atoms with Crippen molar-refractivity contribution in [2.75, 3.05) is 31.6 Å². The number of aromatic nitrogens is 4. The molecule has 2 aromatic heterocycles. The van der Waals surface area contributed by atoms with E-state index in [2.05, 4.69) is 21.8 Å². The normalized spacial score (nSPS) is 22.4. The molecule has 0 saturated carbocycles. The zero-order chi connectivity index (χ0) is 20.3. The lowest BCUT2D eigenvalue weighted by Gasteiger charge is -2.55. The third kappa shape index (κ3) is 2.87. The van der Waals surface area contributed by atoms with Crippen molar-refractivity contribution in [1.82, 2.24) is 24.4 Å². The molecular weight excluding hydrogens is 388 g/mol. The molecule has 0 bridgehead atoms. The molecule has 3 aromatic rings. The zero-order valence-corrected chi connectivity index (χ0v) is 17.7. The number of aromatic hydroxyl groups is 1. The molecule has 8 heteroatoms. The number of halogens is 1. The van der Waals surface area contributed by atoms with Gasteiger partial charge in [-0.3, -0.25) is 4.90 Å². The van der Waals surface area contributed by atoms with E-state index in [-0.39, 0.29) is 11.3 Å². The Morgan fingerprint density at radius 3 is 2.66 bits per heavy atom. The molecule has 5 rings (SSSR count). The Hall–Kier alpha value is -2.38. The fourth-order valence-electron chi connectivity index (χ4n) is 4.82. The minimum absolute atomic E-state index is 0.111. The first-order valence-corrected chi connectivity index (χ1v) is 10.4. The maximum absolute atomic E-state index is 10.5. The number of piperidine rings is 1. The summed E-state index contributed by atoms with van der Waals surface area (Å²) in [5.41, 5.74) is 3.10. The smallest absolute Gasteiger partial charge is 0.200 e. The van der Waals surface area contributed by atoms with Crippen LogP contribution in [0.2, 0.25) is 5.02 Å². The molecule has 0 aliphatic carbocycles. The van der Waals surface area contributed by atoms with Crippen molar-refractivity contribution in [3.05, 3.63) is 28.9 Å². The molecule has 2 saturated heterocycles. The predicted octanol–water partition coefficient (Wildman–Crippen LogP) is 3.37. The maximum Gasteiger partial charge on any atom is 0.200 e. The Balaban J connectivity index is 1.54. The lowest BCUT2D eigenvalue weighted by atomic mass is 9.78. The van der Waals surface area contributed by atoms with E-state index in [4.69, 9.17) is 21.6 Å². The van der Waals surface area contributed by atoms with Gasteiger partial charge in [0.25, 0.3) is 0 Å². The highest BCUT2D eigenvalue weighted by Gasteiger charge is 2.45. The Bertz CT molecular complexity index is 1090. The number of likely N-dealkylation sites (tertiary alicyclic amines) is 1. The average Bonchev–Trinajstić information content (AvgIpc) is 3.02. The second-order valence-corrected chi connectivity index (χ2v) is 8.84. The summed E-state index contributed by atoms with van der Waals surface area (Å²) in [7, 11) is 4.11. The van der Waals surface area contributed by atoms with Gasteiger partial charge in [0.05, 0.1) is 11.8 Å². The lowest BCUT2D eigenvalue weighted by Crippen LogP contribution is -2.65. The maximum atomic E-state index is 10.5. The molecule has 0 radical (unpaired) electrons.